The first-order valence-electron chi connectivity index (χ1n) is 8.61. The van der Waals surface area contributed by atoms with Crippen molar-refractivity contribution in [3.63, 3.8) is 0 Å². The van der Waals surface area contributed by atoms with Crippen molar-refractivity contribution in [1.82, 2.24) is 9.88 Å². The average molecular weight is 334 g/mol. The van der Waals surface area contributed by atoms with Crippen LogP contribution in [0.2, 0.25) is 0 Å². The molecule has 1 heterocycles. The number of carbonyl (C=O) groups excluding carboxylic acids is 1. The van der Waals surface area contributed by atoms with Gasteiger partial charge in [0.05, 0.1) is 5.92 Å². The second kappa shape index (κ2) is 8.13. The smallest absolute Gasteiger partial charge is 0.308 e. The van der Waals surface area contributed by atoms with Crippen molar-refractivity contribution in [2.75, 3.05) is 6.54 Å². The Morgan fingerprint density at radius 3 is 2.54 bits per heavy atom. The van der Waals surface area contributed by atoms with Crippen molar-refractivity contribution in [3.05, 3.63) is 34.2 Å². The van der Waals surface area contributed by atoms with Crippen molar-refractivity contribution in [2.45, 2.75) is 52.0 Å². The van der Waals surface area contributed by atoms with Crippen LogP contribution in [0.5, 0.6) is 0 Å². The van der Waals surface area contributed by atoms with Crippen LogP contribution < -0.4 is 10.9 Å². The fraction of sp³-hybridized carbons (Fsp3) is 0.611. The van der Waals surface area contributed by atoms with E-state index in [9.17, 15) is 19.5 Å². The third-order valence-electron chi connectivity index (χ3n) is 4.72. The van der Waals surface area contributed by atoms with E-state index in [4.69, 9.17) is 0 Å². The van der Waals surface area contributed by atoms with Gasteiger partial charge in [-0.3, -0.25) is 14.4 Å². The van der Waals surface area contributed by atoms with Gasteiger partial charge in [-0.25, -0.2) is 0 Å². The van der Waals surface area contributed by atoms with Crippen molar-refractivity contribution < 1.29 is 14.7 Å². The number of nitrogens with zero attached hydrogens (tertiary/aromatic N) is 1. The van der Waals surface area contributed by atoms with E-state index in [2.05, 4.69) is 5.32 Å². The van der Waals surface area contributed by atoms with Crippen LogP contribution in [-0.2, 0) is 4.79 Å². The van der Waals surface area contributed by atoms with Crippen LogP contribution in [-0.4, -0.2) is 28.1 Å². The molecule has 0 radical (unpaired) electrons. The minimum atomic E-state index is -0.877. The molecule has 1 saturated carbocycles. The van der Waals surface area contributed by atoms with Crippen LogP contribution in [0.15, 0.2) is 23.1 Å². The maximum Gasteiger partial charge on any atom is 0.308 e. The summed E-state index contributed by atoms with van der Waals surface area (Å²) in [4.78, 5) is 35.5. The number of hydrogen-bond donors (Lipinski definition) is 2. The average Bonchev–Trinajstić information content (AvgIpc) is 3.03. The molecular weight excluding hydrogens is 308 g/mol. The van der Waals surface area contributed by atoms with Crippen LogP contribution in [0, 0.1) is 11.8 Å². The zero-order chi connectivity index (χ0) is 17.7. The van der Waals surface area contributed by atoms with E-state index < -0.39 is 17.8 Å². The molecular formula is C18H26N2O4. The Labute approximate surface area is 141 Å². The van der Waals surface area contributed by atoms with E-state index in [1.807, 2.05) is 13.8 Å². The molecule has 1 aromatic rings. The van der Waals surface area contributed by atoms with Gasteiger partial charge in [0.2, 0.25) is 0 Å². The van der Waals surface area contributed by atoms with Crippen LogP contribution in [0.4, 0.5) is 0 Å². The number of carboxylic acid groups (broad SMARTS) is 1. The first-order chi connectivity index (χ1) is 11.4. The molecule has 2 N–H and O–H groups in total. The fourth-order valence-corrected chi connectivity index (χ4v) is 3.30. The summed E-state index contributed by atoms with van der Waals surface area (Å²) >= 11 is 0. The van der Waals surface area contributed by atoms with Gasteiger partial charge >= 0.3 is 5.97 Å². The normalized spacial score (nSPS) is 16.3. The third-order valence-corrected chi connectivity index (χ3v) is 4.72. The lowest BCUT2D eigenvalue weighted by molar-refractivity contribution is -0.142. The van der Waals surface area contributed by atoms with Crippen molar-refractivity contribution >= 4 is 11.9 Å². The molecule has 0 aliphatic heterocycles. The van der Waals surface area contributed by atoms with E-state index >= 15 is 0 Å². The quantitative estimate of drug-likeness (QED) is 0.801. The largest absolute Gasteiger partial charge is 0.481 e. The summed E-state index contributed by atoms with van der Waals surface area (Å²) in [5.74, 6) is -1.41. The lowest BCUT2D eigenvalue weighted by Gasteiger charge is -2.17. The molecule has 0 saturated heterocycles. The number of pyridine rings is 1. The van der Waals surface area contributed by atoms with E-state index in [-0.39, 0.29) is 23.7 Å². The van der Waals surface area contributed by atoms with Crippen LogP contribution in [0.25, 0.3) is 0 Å². The van der Waals surface area contributed by atoms with Crippen LogP contribution in [0.3, 0.4) is 0 Å². The Morgan fingerprint density at radius 2 is 2.00 bits per heavy atom. The molecule has 1 aromatic heterocycles. The molecule has 0 bridgehead atoms. The predicted molar refractivity (Wildman–Crippen MR) is 91.1 cm³/mol. The van der Waals surface area contributed by atoms with Gasteiger partial charge in [-0.05, 0) is 32.3 Å². The zero-order valence-electron chi connectivity index (χ0n) is 14.3. The molecule has 132 valence electrons. The van der Waals surface area contributed by atoms with Gasteiger partial charge in [-0.15, -0.1) is 0 Å². The molecule has 0 spiro atoms. The van der Waals surface area contributed by atoms with Crippen molar-refractivity contribution in [3.8, 4) is 0 Å². The Bertz CT molecular complexity index is 645. The minimum Gasteiger partial charge on any atom is -0.481 e. The van der Waals surface area contributed by atoms with E-state index in [0.717, 1.165) is 25.7 Å². The Kier molecular flexibility index (Phi) is 6.17. The van der Waals surface area contributed by atoms with Crippen molar-refractivity contribution in [1.29, 1.82) is 0 Å². The van der Waals surface area contributed by atoms with Gasteiger partial charge in [0.15, 0.2) is 0 Å². The first-order valence-corrected chi connectivity index (χ1v) is 8.61. The zero-order valence-corrected chi connectivity index (χ0v) is 14.3. The summed E-state index contributed by atoms with van der Waals surface area (Å²) in [5.41, 5.74) is 0.0281. The van der Waals surface area contributed by atoms with Gasteiger partial charge in [0.25, 0.3) is 11.5 Å². The summed E-state index contributed by atoms with van der Waals surface area (Å²) in [6.45, 7) is 3.88. The highest BCUT2D eigenvalue weighted by atomic mass is 16.4. The molecule has 0 aromatic carbocycles. The molecule has 2 rings (SSSR count). The van der Waals surface area contributed by atoms with Gasteiger partial charge < -0.3 is 15.0 Å². The lowest BCUT2D eigenvalue weighted by atomic mass is 9.93. The Morgan fingerprint density at radius 1 is 1.33 bits per heavy atom. The monoisotopic (exact) mass is 334 g/mol. The van der Waals surface area contributed by atoms with Crippen LogP contribution >= 0.6 is 0 Å². The summed E-state index contributed by atoms with van der Waals surface area (Å²) < 4.78 is 1.54. The Balaban J connectivity index is 1.96. The second-order valence-electron chi connectivity index (χ2n) is 6.89. The standard InChI is InChI=1S/C18H26N2O4/c1-12(2)20-8-7-14(10-16(20)21)17(22)19-11-15(18(23)24)9-13-5-3-4-6-13/h7-8,10,12-13,15H,3-6,9,11H2,1-2H3,(H,19,22)(H,23,24). The summed E-state index contributed by atoms with van der Waals surface area (Å²) in [7, 11) is 0. The number of hydrogen-bond acceptors (Lipinski definition) is 3. The highest BCUT2D eigenvalue weighted by Crippen LogP contribution is 2.30. The highest BCUT2D eigenvalue weighted by molar-refractivity contribution is 5.94. The van der Waals surface area contributed by atoms with Gasteiger partial charge in [0.1, 0.15) is 0 Å². The molecule has 1 aliphatic rings. The molecule has 1 aliphatic carbocycles. The third kappa shape index (κ3) is 4.69. The molecule has 1 amide bonds. The number of carboxylic acids is 1. The summed E-state index contributed by atoms with van der Waals surface area (Å²) in [6.07, 6.45) is 6.67. The number of rotatable bonds is 7. The number of nitrogens with one attached hydrogen (secondary N) is 1. The molecule has 24 heavy (non-hydrogen) atoms. The summed E-state index contributed by atoms with van der Waals surface area (Å²) in [6, 6.07) is 2.91. The second-order valence-corrected chi connectivity index (χ2v) is 6.89. The van der Waals surface area contributed by atoms with Gasteiger partial charge in [0, 0.05) is 30.4 Å². The molecule has 1 atom stereocenters. The maximum absolute atomic E-state index is 12.2. The van der Waals surface area contributed by atoms with Gasteiger partial charge in [-0.2, -0.15) is 0 Å². The highest BCUT2D eigenvalue weighted by Gasteiger charge is 2.25. The maximum atomic E-state index is 12.2. The first kappa shape index (κ1) is 18.2. The number of aromatic nitrogens is 1. The topological polar surface area (TPSA) is 88.4 Å². The molecule has 6 nitrogen and oxygen atoms in total. The van der Waals surface area contributed by atoms with Gasteiger partial charge in [-0.1, -0.05) is 25.7 Å². The van der Waals surface area contributed by atoms with Crippen LogP contribution in [0.1, 0.15) is 62.4 Å². The predicted octanol–water partition coefficient (Wildman–Crippen LogP) is 2.44. The number of amides is 1. The minimum absolute atomic E-state index is 0.0254. The molecule has 1 fully saturated rings. The van der Waals surface area contributed by atoms with Crippen molar-refractivity contribution in [2.24, 2.45) is 11.8 Å². The number of aliphatic carboxylic acids is 1. The van der Waals surface area contributed by atoms with E-state index in [1.54, 1.807) is 12.3 Å². The molecule has 6 heteroatoms. The fourth-order valence-electron chi connectivity index (χ4n) is 3.30. The number of carbonyl (C=O) groups is 2. The van der Waals surface area contributed by atoms with E-state index in [0.29, 0.717) is 12.3 Å². The molecule has 1 unspecified atom stereocenters. The Hall–Kier alpha value is -2.11. The SMILES string of the molecule is CC(C)n1ccc(C(=O)NCC(CC2CCCC2)C(=O)O)cc1=O. The lowest BCUT2D eigenvalue weighted by Crippen LogP contribution is -2.34. The summed E-state index contributed by atoms with van der Waals surface area (Å²) in [5, 5.41) is 12.0. The van der Waals surface area contributed by atoms with E-state index in [1.165, 1.54) is 10.6 Å².